The fraction of sp³-hybridized carbons (Fsp3) is 0.400. The molecule has 1 aliphatic rings. The van der Waals surface area contributed by atoms with Crippen LogP contribution in [0.25, 0.3) is 0 Å². The van der Waals surface area contributed by atoms with Gasteiger partial charge in [0.05, 0.1) is 5.25 Å². The first-order chi connectivity index (χ1) is 6.79. The van der Waals surface area contributed by atoms with Crippen molar-refractivity contribution in [2.45, 2.75) is 5.25 Å². The minimum Gasteiger partial charge on any atom is -0.314 e. The van der Waals surface area contributed by atoms with E-state index in [4.69, 9.17) is 0 Å². The highest BCUT2D eigenvalue weighted by Crippen LogP contribution is 2.23. The lowest BCUT2D eigenvalue weighted by atomic mass is 10.1. The molecule has 0 aliphatic carbocycles. The molecular formula is C10H12FNOS. The van der Waals surface area contributed by atoms with E-state index in [2.05, 4.69) is 5.32 Å². The van der Waals surface area contributed by atoms with Crippen LogP contribution in [0.4, 0.5) is 4.39 Å². The van der Waals surface area contributed by atoms with Gasteiger partial charge in [0.15, 0.2) is 0 Å². The number of benzene rings is 1. The molecule has 4 heteroatoms. The third-order valence-corrected chi connectivity index (χ3v) is 4.04. The first kappa shape index (κ1) is 9.80. The summed E-state index contributed by atoms with van der Waals surface area (Å²) in [4.78, 5) is 0. The quantitative estimate of drug-likeness (QED) is 0.760. The van der Waals surface area contributed by atoms with Crippen LogP contribution in [0.2, 0.25) is 0 Å². The van der Waals surface area contributed by atoms with Crippen LogP contribution in [-0.4, -0.2) is 23.1 Å². The Labute approximate surface area is 85.0 Å². The van der Waals surface area contributed by atoms with E-state index in [0.29, 0.717) is 17.9 Å². The van der Waals surface area contributed by atoms with Crippen LogP contribution < -0.4 is 5.32 Å². The third kappa shape index (κ3) is 1.86. The molecule has 2 rings (SSSR count). The zero-order valence-electron chi connectivity index (χ0n) is 7.70. The maximum absolute atomic E-state index is 13.4. The molecular weight excluding hydrogens is 201 g/mol. The van der Waals surface area contributed by atoms with Gasteiger partial charge < -0.3 is 5.32 Å². The standard InChI is InChI=1S/C10H12FNOS/c11-9-4-2-1-3-8(9)10-7-12-5-6-14(10)13/h1-4,10,12H,5-7H2. The Morgan fingerprint density at radius 3 is 2.93 bits per heavy atom. The first-order valence-corrected chi connectivity index (χ1v) is 5.99. The number of hydrogen-bond donors (Lipinski definition) is 1. The van der Waals surface area contributed by atoms with Gasteiger partial charge in [-0.2, -0.15) is 0 Å². The van der Waals surface area contributed by atoms with Crippen LogP contribution in [0.3, 0.4) is 0 Å². The van der Waals surface area contributed by atoms with Gasteiger partial charge in [0.1, 0.15) is 5.82 Å². The van der Waals surface area contributed by atoms with Crippen LogP contribution in [0.1, 0.15) is 10.8 Å². The lowest BCUT2D eigenvalue weighted by Crippen LogP contribution is -2.35. The first-order valence-electron chi connectivity index (χ1n) is 4.61. The Bertz CT molecular complexity index is 356. The Balaban J connectivity index is 2.29. The minimum absolute atomic E-state index is 0.190. The molecule has 1 saturated heterocycles. The summed E-state index contributed by atoms with van der Waals surface area (Å²) in [5, 5.41) is 2.94. The van der Waals surface area contributed by atoms with Gasteiger partial charge in [-0.1, -0.05) is 18.2 Å². The molecule has 0 radical (unpaired) electrons. The summed E-state index contributed by atoms with van der Waals surface area (Å²) < 4.78 is 25.0. The van der Waals surface area contributed by atoms with Gasteiger partial charge in [-0.15, -0.1) is 0 Å². The molecule has 1 fully saturated rings. The van der Waals surface area contributed by atoms with Crippen molar-refractivity contribution < 1.29 is 8.60 Å². The molecule has 0 spiro atoms. The van der Waals surface area contributed by atoms with Gasteiger partial charge in [0, 0.05) is 35.2 Å². The molecule has 2 nitrogen and oxygen atoms in total. The molecule has 2 atom stereocenters. The summed E-state index contributed by atoms with van der Waals surface area (Å²) in [5.41, 5.74) is 0.568. The maximum Gasteiger partial charge on any atom is 0.127 e. The zero-order chi connectivity index (χ0) is 9.97. The number of nitrogens with one attached hydrogen (secondary N) is 1. The van der Waals surface area contributed by atoms with E-state index >= 15 is 0 Å². The predicted molar refractivity (Wildman–Crippen MR) is 55.0 cm³/mol. The Hall–Kier alpha value is -0.740. The molecule has 2 unspecified atom stereocenters. The van der Waals surface area contributed by atoms with E-state index in [-0.39, 0.29) is 11.1 Å². The Kier molecular flexibility index (Phi) is 2.93. The number of halogens is 1. The lowest BCUT2D eigenvalue weighted by Gasteiger charge is -2.22. The lowest BCUT2D eigenvalue weighted by molar-refractivity contribution is 0.580. The largest absolute Gasteiger partial charge is 0.314 e. The zero-order valence-corrected chi connectivity index (χ0v) is 8.52. The Morgan fingerprint density at radius 1 is 1.43 bits per heavy atom. The van der Waals surface area contributed by atoms with Crippen LogP contribution in [0, 0.1) is 5.82 Å². The molecule has 0 aromatic heterocycles. The fourth-order valence-corrected chi connectivity index (χ4v) is 3.04. The highest BCUT2D eigenvalue weighted by Gasteiger charge is 2.24. The number of hydrogen-bond acceptors (Lipinski definition) is 2. The normalized spacial score (nSPS) is 27.5. The molecule has 0 saturated carbocycles. The number of rotatable bonds is 1. The predicted octanol–water partition coefficient (Wildman–Crippen LogP) is 1.22. The van der Waals surface area contributed by atoms with Gasteiger partial charge in [-0.05, 0) is 6.07 Å². The molecule has 1 heterocycles. The van der Waals surface area contributed by atoms with Crippen molar-refractivity contribution in [3.8, 4) is 0 Å². The molecule has 1 aromatic carbocycles. The van der Waals surface area contributed by atoms with Crippen molar-refractivity contribution in [3.63, 3.8) is 0 Å². The molecule has 76 valence electrons. The molecule has 1 aliphatic heterocycles. The van der Waals surface area contributed by atoms with Crippen LogP contribution in [0.5, 0.6) is 0 Å². The van der Waals surface area contributed by atoms with E-state index in [1.807, 2.05) is 0 Å². The molecule has 0 amide bonds. The van der Waals surface area contributed by atoms with E-state index < -0.39 is 10.8 Å². The minimum atomic E-state index is -0.942. The third-order valence-electron chi connectivity index (χ3n) is 2.38. The SMILES string of the molecule is O=S1CCNCC1c1ccccc1F. The smallest absolute Gasteiger partial charge is 0.127 e. The molecule has 14 heavy (non-hydrogen) atoms. The summed E-state index contributed by atoms with van der Waals surface area (Å²) in [7, 11) is -0.942. The van der Waals surface area contributed by atoms with Crippen molar-refractivity contribution in [3.05, 3.63) is 35.6 Å². The van der Waals surface area contributed by atoms with Crippen LogP contribution >= 0.6 is 0 Å². The van der Waals surface area contributed by atoms with Crippen molar-refractivity contribution in [2.24, 2.45) is 0 Å². The summed E-state index contributed by atoms with van der Waals surface area (Å²) in [6.07, 6.45) is 0. The van der Waals surface area contributed by atoms with Gasteiger partial charge in [0.25, 0.3) is 0 Å². The van der Waals surface area contributed by atoms with Crippen LogP contribution in [-0.2, 0) is 10.8 Å². The highest BCUT2D eigenvalue weighted by atomic mass is 32.2. The van der Waals surface area contributed by atoms with E-state index in [1.165, 1.54) is 6.07 Å². The van der Waals surface area contributed by atoms with Crippen molar-refractivity contribution in [2.75, 3.05) is 18.8 Å². The average Bonchev–Trinajstić information content (AvgIpc) is 2.20. The molecule has 1 N–H and O–H groups in total. The molecule has 1 aromatic rings. The van der Waals surface area contributed by atoms with Crippen molar-refractivity contribution in [1.82, 2.24) is 5.32 Å². The van der Waals surface area contributed by atoms with Crippen LogP contribution in [0.15, 0.2) is 24.3 Å². The Morgan fingerprint density at radius 2 is 2.21 bits per heavy atom. The van der Waals surface area contributed by atoms with Crippen molar-refractivity contribution in [1.29, 1.82) is 0 Å². The second-order valence-corrected chi connectivity index (χ2v) is 5.04. The summed E-state index contributed by atoms with van der Waals surface area (Å²) in [5.74, 6) is 0.355. The summed E-state index contributed by atoms with van der Waals surface area (Å²) in [6.45, 7) is 1.37. The van der Waals surface area contributed by atoms with E-state index in [9.17, 15) is 8.60 Å². The second kappa shape index (κ2) is 4.19. The van der Waals surface area contributed by atoms with Crippen molar-refractivity contribution >= 4 is 10.8 Å². The van der Waals surface area contributed by atoms with Gasteiger partial charge in [-0.3, -0.25) is 4.21 Å². The summed E-state index contributed by atoms with van der Waals surface area (Å²) >= 11 is 0. The topological polar surface area (TPSA) is 29.1 Å². The highest BCUT2D eigenvalue weighted by molar-refractivity contribution is 7.85. The van der Waals surface area contributed by atoms with Gasteiger partial charge in [0.2, 0.25) is 0 Å². The second-order valence-electron chi connectivity index (χ2n) is 3.30. The monoisotopic (exact) mass is 213 g/mol. The maximum atomic E-state index is 13.4. The molecule has 0 bridgehead atoms. The summed E-state index contributed by atoms with van der Waals surface area (Å²) in [6, 6.07) is 6.56. The average molecular weight is 213 g/mol. The fourth-order valence-electron chi connectivity index (χ4n) is 1.63. The van der Waals surface area contributed by atoms with Gasteiger partial charge in [-0.25, -0.2) is 4.39 Å². The van der Waals surface area contributed by atoms with E-state index in [1.54, 1.807) is 18.2 Å². The van der Waals surface area contributed by atoms with Gasteiger partial charge >= 0.3 is 0 Å². The van der Waals surface area contributed by atoms with E-state index in [0.717, 1.165) is 6.54 Å².